The van der Waals surface area contributed by atoms with Gasteiger partial charge in [-0.15, -0.1) is 0 Å². The van der Waals surface area contributed by atoms with Crippen LogP contribution >= 0.6 is 0 Å². The van der Waals surface area contributed by atoms with Crippen molar-refractivity contribution in [3.8, 4) is 0 Å². The summed E-state index contributed by atoms with van der Waals surface area (Å²) in [6.45, 7) is 4.98. The molecule has 5 heteroatoms. The number of nitrogens with one attached hydrogen (secondary N) is 1. The third-order valence-electron chi connectivity index (χ3n) is 4.01. The summed E-state index contributed by atoms with van der Waals surface area (Å²) in [5.74, 6) is -1.03. The Labute approximate surface area is 125 Å². The molecule has 0 saturated carbocycles. The Morgan fingerprint density at radius 1 is 1.43 bits per heavy atom. The highest BCUT2D eigenvalue weighted by atomic mass is 16.4. The third-order valence-corrected chi connectivity index (χ3v) is 4.01. The molecule has 1 heterocycles. The van der Waals surface area contributed by atoms with Crippen LogP contribution in [0, 0.1) is 0 Å². The summed E-state index contributed by atoms with van der Waals surface area (Å²) in [5.41, 5.74) is 2.01. The van der Waals surface area contributed by atoms with Gasteiger partial charge in [0.15, 0.2) is 0 Å². The number of amides is 1. The molecule has 0 fully saturated rings. The fourth-order valence-corrected chi connectivity index (χ4v) is 2.97. The van der Waals surface area contributed by atoms with Crippen molar-refractivity contribution in [2.24, 2.45) is 0 Å². The second kappa shape index (κ2) is 6.61. The van der Waals surface area contributed by atoms with Crippen LogP contribution < -0.4 is 5.32 Å². The van der Waals surface area contributed by atoms with E-state index in [4.69, 9.17) is 5.11 Å². The summed E-state index contributed by atoms with van der Waals surface area (Å²) >= 11 is 0. The number of nitrogens with zero attached hydrogens (tertiary/aromatic N) is 1. The number of likely N-dealkylation sites (N-methyl/N-ethyl adjacent to an activating group) is 1. The van der Waals surface area contributed by atoms with Crippen molar-refractivity contribution < 1.29 is 14.7 Å². The molecule has 5 nitrogen and oxygen atoms in total. The highest BCUT2D eigenvalue weighted by Gasteiger charge is 2.31. The van der Waals surface area contributed by atoms with Crippen LogP contribution in [0.2, 0.25) is 0 Å². The molecule has 1 aromatic carbocycles. The van der Waals surface area contributed by atoms with Crippen LogP contribution in [-0.4, -0.2) is 41.0 Å². The highest BCUT2D eigenvalue weighted by molar-refractivity contribution is 5.87. The average Bonchev–Trinajstić information content (AvgIpc) is 2.46. The summed E-state index contributed by atoms with van der Waals surface area (Å²) in [5, 5.41) is 12.2. The summed E-state index contributed by atoms with van der Waals surface area (Å²) in [7, 11) is 0. The van der Waals surface area contributed by atoms with Gasteiger partial charge in [-0.05, 0) is 31.9 Å². The Hall–Kier alpha value is -2.04. The number of carboxylic acids is 1. The summed E-state index contributed by atoms with van der Waals surface area (Å²) in [6.07, 6.45) is 0.721. The van der Waals surface area contributed by atoms with Crippen LogP contribution in [0.3, 0.4) is 0 Å². The molecule has 0 aliphatic carbocycles. The minimum absolute atomic E-state index is 0.0216. The molecule has 21 heavy (non-hydrogen) atoms. The van der Waals surface area contributed by atoms with Crippen LogP contribution in [0.15, 0.2) is 24.3 Å². The number of fused-ring (bicyclic) bond motifs is 1. The van der Waals surface area contributed by atoms with Crippen molar-refractivity contribution in [2.75, 3.05) is 18.4 Å². The lowest BCUT2D eigenvalue weighted by atomic mass is 9.89. The van der Waals surface area contributed by atoms with E-state index in [1.165, 1.54) is 0 Å². The molecule has 2 N–H and O–H groups in total. The average molecular weight is 290 g/mol. The van der Waals surface area contributed by atoms with E-state index in [-0.39, 0.29) is 24.3 Å². The van der Waals surface area contributed by atoms with Gasteiger partial charge in [0.2, 0.25) is 5.91 Å². The van der Waals surface area contributed by atoms with Crippen LogP contribution in [0.25, 0.3) is 0 Å². The molecule has 2 atom stereocenters. The lowest BCUT2D eigenvalue weighted by Gasteiger charge is -2.33. The molecule has 2 rings (SSSR count). The van der Waals surface area contributed by atoms with Crippen LogP contribution in [0.4, 0.5) is 5.69 Å². The quantitative estimate of drug-likeness (QED) is 0.873. The summed E-state index contributed by atoms with van der Waals surface area (Å²) in [6, 6.07) is 7.54. The zero-order chi connectivity index (χ0) is 15.4. The lowest BCUT2D eigenvalue weighted by molar-refractivity contribution is -0.141. The summed E-state index contributed by atoms with van der Waals surface area (Å²) in [4.78, 5) is 25.4. The fraction of sp³-hybridized carbons (Fsp3) is 0.500. The maximum atomic E-state index is 12.8. The predicted molar refractivity (Wildman–Crippen MR) is 81.4 cm³/mol. The fourth-order valence-electron chi connectivity index (χ4n) is 2.97. The normalized spacial score (nSPS) is 18.3. The molecule has 1 aliphatic heterocycles. The maximum Gasteiger partial charge on any atom is 0.305 e. The number of carbonyl (C=O) groups excluding carboxylic acids is 1. The molecular formula is C16H22N2O3. The van der Waals surface area contributed by atoms with Gasteiger partial charge in [0, 0.05) is 24.8 Å². The maximum absolute atomic E-state index is 12.8. The zero-order valence-corrected chi connectivity index (χ0v) is 12.5. The van der Waals surface area contributed by atoms with Crippen molar-refractivity contribution in [1.82, 2.24) is 4.90 Å². The first kappa shape index (κ1) is 15.4. The first-order valence-corrected chi connectivity index (χ1v) is 7.39. The van der Waals surface area contributed by atoms with E-state index < -0.39 is 5.97 Å². The number of benzene rings is 1. The Morgan fingerprint density at radius 2 is 2.14 bits per heavy atom. The van der Waals surface area contributed by atoms with E-state index in [0.29, 0.717) is 6.54 Å². The van der Waals surface area contributed by atoms with Gasteiger partial charge in [-0.1, -0.05) is 18.2 Å². The summed E-state index contributed by atoms with van der Waals surface area (Å²) < 4.78 is 0. The van der Waals surface area contributed by atoms with Gasteiger partial charge in [-0.3, -0.25) is 9.59 Å². The third kappa shape index (κ3) is 3.35. The first-order chi connectivity index (χ1) is 10.0. The first-order valence-electron chi connectivity index (χ1n) is 7.39. The van der Waals surface area contributed by atoms with Crippen molar-refractivity contribution in [1.29, 1.82) is 0 Å². The standard InChI is InChI=1S/C16H22N2O3/c1-3-18(11(2)10-15(19)20)16(21)13-8-9-17-14-7-5-4-6-12(13)14/h4-7,11,13,17H,3,8-10H2,1-2H3,(H,19,20). The number of anilines is 1. The molecule has 1 aromatic rings. The molecule has 0 saturated heterocycles. The number of aliphatic carboxylic acids is 1. The lowest BCUT2D eigenvalue weighted by Crippen LogP contribution is -2.43. The number of para-hydroxylation sites is 1. The molecule has 1 amide bonds. The van der Waals surface area contributed by atoms with Gasteiger partial charge < -0.3 is 15.3 Å². The number of hydrogen-bond acceptors (Lipinski definition) is 3. The van der Waals surface area contributed by atoms with E-state index in [2.05, 4.69) is 5.32 Å². The van der Waals surface area contributed by atoms with Crippen molar-refractivity contribution in [3.63, 3.8) is 0 Å². The minimum Gasteiger partial charge on any atom is -0.481 e. The predicted octanol–water partition coefficient (Wildman–Crippen LogP) is 2.30. The van der Waals surface area contributed by atoms with Gasteiger partial charge in [-0.2, -0.15) is 0 Å². The van der Waals surface area contributed by atoms with E-state index in [9.17, 15) is 9.59 Å². The second-order valence-electron chi connectivity index (χ2n) is 5.43. The largest absolute Gasteiger partial charge is 0.481 e. The van der Waals surface area contributed by atoms with Gasteiger partial charge in [-0.25, -0.2) is 0 Å². The van der Waals surface area contributed by atoms with E-state index in [1.54, 1.807) is 11.8 Å². The van der Waals surface area contributed by atoms with Gasteiger partial charge in [0.25, 0.3) is 0 Å². The molecule has 2 unspecified atom stereocenters. The van der Waals surface area contributed by atoms with Gasteiger partial charge in [0.05, 0.1) is 12.3 Å². The zero-order valence-electron chi connectivity index (χ0n) is 12.5. The highest BCUT2D eigenvalue weighted by Crippen LogP contribution is 2.33. The van der Waals surface area contributed by atoms with E-state index in [0.717, 1.165) is 24.2 Å². The molecule has 0 bridgehead atoms. The van der Waals surface area contributed by atoms with E-state index >= 15 is 0 Å². The smallest absolute Gasteiger partial charge is 0.305 e. The molecule has 0 spiro atoms. The van der Waals surface area contributed by atoms with Crippen molar-refractivity contribution in [3.05, 3.63) is 29.8 Å². The number of carbonyl (C=O) groups is 2. The molecule has 0 aromatic heterocycles. The molecule has 114 valence electrons. The van der Waals surface area contributed by atoms with Gasteiger partial charge >= 0.3 is 5.97 Å². The second-order valence-corrected chi connectivity index (χ2v) is 5.43. The SMILES string of the molecule is CCN(C(=O)C1CCNc2ccccc21)C(C)CC(=O)O. The number of hydrogen-bond donors (Lipinski definition) is 2. The number of carboxylic acid groups (broad SMARTS) is 1. The Balaban J connectivity index is 2.21. The van der Waals surface area contributed by atoms with Crippen LogP contribution in [-0.2, 0) is 9.59 Å². The van der Waals surface area contributed by atoms with Crippen LogP contribution in [0.5, 0.6) is 0 Å². The molecule has 1 aliphatic rings. The minimum atomic E-state index is -0.875. The Kier molecular flexibility index (Phi) is 4.83. The topological polar surface area (TPSA) is 69.6 Å². The van der Waals surface area contributed by atoms with Gasteiger partial charge in [0.1, 0.15) is 0 Å². The monoisotopic (exact) mass is 290 g/mol. The number of rotatable bonds is 5. The van der Waals surface area contributed by atoms with Crippen LogP contribution in [0.1, 0.15) is 38.2 Å². The Morgan fingerprint density at radius 3 is 2.81 bits per heavy atom. The van der Waals surface area contributed by atoms with Crippen molar-refractivity contribution >= 4 is 17.6 Å². The van der Waals surface area contributed by atoms with Crippen molar-refractivity contribution in [2.45, 2.75) is 38.6 Å². The molecular weight excluding hydrogens is 268 g/mol. The van der Waals surface area contributed by atoms with E-state index in [1.807, 2.05) is 31.2 Å². The Bertz CT molecular complexity index is 530. The molecule has 0 radical (unpaired) electrons.